The highest BCUT2D eigenvalue weighted by Gasteiger charge is 2.28. The van der Waals surface area contributed by atoms with Gasteiger partial charge < -0.3 is 9.88 Å². The number of imidazole rings is 1. The Hall–Kier alpha value is -4.16. The molecule has 4 aromatic heterocycles. The Kier molecular flexibility index (Phi) is 6.34. The number of carbonyl (C=O) groups is 1. The van der Waals surface area contributed by atoms with Crippen LogP contribution in [0.25, 0.3) is 11.3 Å². The van der Waals surface area contributed by atoms with Crippen LogP contribution in [0.4, 0.5) is 5.82 Å². The van der Waals surface area contributed by atoms with E-state index in [-0.39, 0.29) is 11.8 Å². The van der Waals surface area contributed by atoms with Crippen molar-refractivity contribution in [2.45, 2.75) is 30.7 Å². The molecule has 1 fully saturated rings. The second-order valence-corrected chi connectivity index (χ2v) is 10.9. The van der Waals surface area contributed by atoms with Gasteiger partial charge in [0.15, 0.2) is 10.7 Å². The van der Waals surface area contributed by atoms with E-state index in [0.29, 0.717) is 35.1 Å². The molecule has 1 unspecified atom stereocenters. The molecule has 1 aliphatic heterocycles. The first-order valence-corrected chi connectivity index (χ1v) is 13.5. The Morgan fingerprint density at radius 2 is 1.92 bits per heavy atom. The average molecular weight is 530 g/mol. The van der Waals surface area contributed by atoms with E-state index in [9.17, 15) is 9.00 Å². The van der Waals surface area contributed by atoms with Gasteiger partial charge in [-0.25, -0.2) is 27.7 Å². The zero-order valence-corrected chi connectivity index (χ0v) is 21.9. The molecule has 0 saturated carbocycles. The zero-order chi connectivity index (χ0) is 26.2. The number of hydrogen-bond acceptors (Lipinski definition) is 6. The molecular weight excluding hydrogens is 502 g/mol. The highest BCUT2D eigenvalue weighted by Crippen LogP contribution is 2.31. The highest BCUT2D eigenvalue weighted by atomic mass is 32.2. The molecule has 1 aromatic carbocycles. The van der Waals surface area contributed by atoms with Crippen LogP contribution in [-0.4, -0.2) is 61.4 Å². The monoisotopic (exact) mass is 529 g/mol. The summed E-state index contributed by atoms with van der Waals surface area (Å²) >= 11 is 0. The maximum absolute atomic E-state index is 13.3. The number of aryl methyl sites for hydroxylation is 2. The van der Waals surface area contributed by atoms with Crippen LogP contribution in [0.5, 0.6) is 0 Å². The summed E-state index contributed by atoms with van der Waals surface area (Å²) in [4.78, 5) is 21.8. The van der Waals surface area contributed by atoms with Gasteiger partial charge in [0, 0.05) is 50.7 Å². The molecule has 12 heteroatoms. The molecule has 1 amide bonds. The number of hydrogen-bond donors (Lipinski definition) is 1. The van der Waals surface area contributed by atoms with Gasteiger partial charge >= 0.3 is 0 Å². The maximum Gasteiger partial charge on any atom is 0.262 e. The number of anilines is 1. The van der Waals surface area contributed by atoms with Gasteiger partial charge in [-0.15, -0.1) is 0 Å². The topological polar surface area (TPSA) is 115 Å². The zero-order valence-electron chi connectivity index (χ0n) is 21.1. The predicted octanol–water partition coefficient (Wildman–Crippen LogP) is 3.11. The summed E-state index contributed by atoms with van der Waals surface area (Å²) in [5, 5.41) is 12.7. The number of rotatable bonds is 6. The first-order chi connectivity index (χ1) is 18.5. The van der Waals surface area contributed by atoms with Crippen molar-refractivity contribution in [3.05, 3.63) is 84.3 Å². The maximum atomic E-state index is 13.3. The van der Waals surface area contributed by atoms with Crippen molar-refractivity contribution in [1.29, 1.82) is 0 Å². The molecule has 0 spiro atoms. The summed E-state index contributed by atoms with van der Waals surface area (Å²) in [5.74, 6) is 0.440. The summed E-state index contributed by atoms with van der Waals surface area (Å²) in [6.07, 6.45) is 9.96. The first kappa shape index (κ1) is 24.2. The van der Waals surface area contributed by atoms with E-state index in [1.165, 1.54) is 6.20 Å². The lowest BCUT2D eigenvalue weighted by Gasteiger charge is -2.29. The van der Waals surface area contributed by atoms with Crippen LogP contribution in [0.2, 0.25) is 0 Å². The molecule has 38 heavy (non-hydrogen) atoms. The van der Waals surface area contributed by atoms with Crippen molar-refractivity contribution in [1.82, 2.24) is 38.2 Å². The molecule has 5 heterocycles. The molecule has 0 bridgehead atoms. The van der Waals surface area contributed by atoms with E-state index >= 15 is 0 Å². The van der Waals surface area contributed by atoms with Crippen molar-refractivity contribution in [2.24, 2.45) is 7.05 Å². The van der Waals surface area contributed by atoms with Crippen LogP contribution >= 0.6 is 0 Å². The molecule has 0 aliphatic carbocycles. The Balaban J connectivity index is 1.25. The van der Waals surface area contributed by atoms with Crippen LogP contribution in [0.3, 0.4) is 0 Å². The quantitative estimate of drug-likeness (QED) is 0.361. The van der Waals surface area contributed by atoms with Crippen LogP contribution in [0, 0.1) is 6.92 Å². The van der Waals surface area contributed by atoms with Gasteiger partial charge in [-0.3, -0.25) is 4.79 Å². The minimum Gasteiger partial charge on any atom is -0.339 e. The van der Waals surface area contributed by atoms with Crippen molar-refractivity contribution >= 4 is 28.4 Å². The van der Waals surface area contributed by atoms with Gasteiger partial charge in [0.25, 0.3) is 5.91 Å². The van der Waals surface area contributed by atoms with Crippen molar-refractivity contribution < 1.29 is 9.00 Å². The summed E-state index contributed by atoms with van der Waals surface area (Å²) in [6.45, 7) is 3.36. The number of nitrogens with one attached hydrogen (secondary N) is 1. The van der Waals surface area contributed by atoms with Crippen molar-refractivity contribution in [2.75, 3.05) is 18.4 Å². The summed E-state index contributed by atoms with van der Waals surface area (Å²) in [5.41, 5.74) is 3.75. The van der Waals surface area contributed by atoms with Crippen LogP contribution in [0.1, 0.15) is 40.4 Å². The van der Waals surface area contributed by atoms with E-state index in [1.54, 1.807) is 44.7 Å². The fourth-order valence-corrected chi connectivity index (χ4v) is 5.87. The van der Waals surface area contributed by atoms with Gasteiger partial charge in [-0.05, 0) is 38.0 Å². The van der Waals surface area contributed by atoms with Crippen LogP contribution in [0.15, 0.2) is 72.5 Å². The van der Waals surface area contributed by atoms with Crippen molar-refractivity contribution in [3.8, 4) is 5.69 Å². The largest absolute Gasteiger partial charge is 0.339 e. The highest BCUT2D eigenvalue weighted by molar-refractivity contribution is 7.82. The summed E-state index contributed by atoms with van der Waals surface area (Å²) in [6, 6.07) is 11.7. The number of amides is 1. The molecule has 1 aliphatic rings. The number of fused-ring (bicyclic) bond motifs is 1. The predicted molar refractivity (Wildman–Crippen MR) is 142 cm³/mol. The smallest absolute Gasteiger partial charge is 0.262 e. The minimum absolute atomic E-state index is 0.174. The van der Waals surface area contributed by atoms with E-state index < -0.39 is 11.0 Å². The summed E-state index contributed by atoms with van der Waals surface area (Å²) < 4.78 is 20.0. The second kappa shape index (κ2) is 9.95. The summed E-state index contributed by atoms with van der Waals surface area (Å²) in [7, 11) is 0.585. The van der Waals surface area contributed by atoms with E-state index in [4.69, 9.17) is 5.10 Å². The normalized spacial score (nSPS) is 15.6. The lowest BCUT2D eigenvalue weighted by molar-refractivity contribution is 0.102. The molecular formula is C26H27N9O2S. The molecule has 194 valence electrons. The Bertz CT molecular complexity index is 1630. The van der Waals surface area contributed by atoms with Gasteiger partial charge in [-0.1, -0.05) is 17.7 Å². The Labute approximate surface area is 221 Å². The molecule has 0 radical (unpaired) electrons. The van der Waals surface area contributed by atoms with Gasteiger partial charge in [0.1, 0.15) is 22.4 Å². The van der Waals surface area contributed by atoms with Gasteiger partial charge in [-0.2, -0.15) is 10.2 Å². The Morgan fingerprint density at radius 1 is 1.13 bits per heavy atom. The molecule has 5 aromatic rings. The molecule has 6 rings (SSSR count). The van der Waals surface area contributed by atoms with Crippen LogP contribution < -0.4 is 5.32 Å². The lowest BCUT2D eigenvalue weighted by atomic mass is 9.95. The second-order valence-electron chi connectivity index (χ2n) is 9.43. The van der Waals surface area contributed by atoms with Gasteiger partial charge in [0.05, 0.1) is 23.9 Å². The fraction of sp³-hybridized carbons (Fsp3) is 0.269. The number of benzene rings is 1. The number of piperidine rings is 1. The minimum atomic E-state index is -1.28. The molecule has 1 N–H and O–H groups in total. The lowest BCUT2D eigenvalue weighted by Crippen LogP contribution is -2.34. The third-order valence-electron chi connectivity index (χ3n) is 6.74. The van der Waals surface area contributed by atoms with E-state index in [1.807, 2.05) is 48.6 Å². The molecule has 1 atom stereocenters. The number of aromatic nitrogens is 7. The van der Waals surface area contributed by atoms with E-state index in [2.05, 4.69) is 20.4 Å². The number of nitrogens with zero attached hydrogens (tertiary/aromatic N) is 8. The molecule has 11 nitrogen and oxygen atoms in total. The van der Waals surface area contributed by atoms with Gasteiger partial charge in [0.2, 0.25) is 0 Å². The first-order valence-electron chi connectivity index (χ1n) is 12.4. The van der Waals surface area contributed by atoms with Crippen molar-refractivity contribution in [3.63, 3.8) is 0 Å². The van der Waals surface area contributed by atoms with E-state index in [0.717, 1.165) is 29.8 Å². The SMILES string of the molecule is Cc1ccc(-n2nc(C3CCN(S(=O)c4cn(C)cn4)CC3)cc2NC(=O)c2cnn3cccnc23)cc1. The third kappa shape index (κ3) is 4.63. The third-order valence-corrected chi connectivity index (χ3v) is 8.14. The standard InChI is InChI=1S/C26H27N9O2S/c1-18-4-6-20(7-5-18)35-23(30-26(36)21-15-29-34-11-3-10-27-25(21)34)14-22(31-35)19-8-12-33(13-9-19)38(37)24-16-32(2)17-28-24/h3-7,10-11,14-17,19H,8-9,12-13H2,1-2H3,(H,30,36). The van der Waals surface area contributed by atoms with Crippen LogP contribution in [-0.2, 0) is 18.0 Å². The fourth-order valence-electron chi connectivity index (χ4n) is 4.67. The number of carbonyl (C=O) groups excluding carboxylic acids is 1. The average Bonchev–Trinajstić information content (AvgIpc) is 3.67. The molecule has 1 saturated heterocycles. The Morgan fingerprint density at radius 3 is 2.66 bits per heavy atom.